The Bertz CT molecular complexity index is 842. The van der Waals surface area contributed by atoms with E-state index in [1.54, 1.807) is 21.0 Å². The molecular formula is C20H25N5O2. The number of rotatable bonds is 4. The molecule has 7 nitrogen and oxygen atoms in total. The summed E-state index contributed by atoms with van der Waals surface area (Å²) in [5.74, 6) is 0.447. The van der Waals surface area contributed by atoms with E-state index >= 15 is 0 Å². The van der Waals surface area contributed by atoms with Crippen molar-refractivity contribution in [3.05, 3.63) is 47.5 Å². The number of H-pyrrole nitrogens is 1. The van der Waals surface area contributed by atoms with Crippen LogP contribution < -0.4 is 4.90 Å². The zero-order valence-corrected chi connectivity index (χ0v) is 15.8. The molecule has 142 valence electrons. The van der Waals surface area contributed by atoms with Crippen LogP contribution in [0.3, 0.4) is 0 Å². The summed E-state index contributed by atoms with van der Waals surface area (Å²) in [5, 5.41) is 0. The highest BCUT2D eigenvalue weighted by molar-refractivity contribution is 5.96. The molecular weight excluding hydrogens is 342 g/mol. The second kappa shape index (κ2) is 7.06. The van der Waals surface area contributed by atoms with Crippen LogP contribution in [0.2, 0.25) is 0 Å². The maximum atomic E-state index is 12.8. The Kier molecular flexibility index (Phi) is 4.59. The van der Waals surface area contributed by atoms with Gasteiger partial charge in [0.1, 0.15) is 6.54 Å². The first-order chi connectivity index (χ1) is 13.0. The summed E-state index contributed by atoms with van der Waals surface area (Å²) in [5.41, 5.74) is 4.17. The molecule has 1 aromatic carbocycles. The summed E-state index contributed by atoms with van der Waals surface area (Å²) in [7, 11) is 0. The average molecular weight is 367 g/mol. The fraction of sp³-hybridized carbons (Fsp3) is 0.450. The molecule has 3 heterocycles. The molecule has 4 rings (SSSR count). The molecule has 2 aliphatic heterocycles. The van der Waals surface area contributed by atoms with Crippen LogP contribution in [0, 0.1) is 0 Å². The molecule has 0 bridgehead atoms. The summed E-state index contributed by atoms with van der Waals surface area (Å²) >= 11 is 0. The number of hydrogen-bond donors (Lipinski definition) is 1. The van der Waals surface area contributed by atoms with Gasteiger partial charge in [-0.05, 0) is 23.6 Å². The molecule has 0 atom stereocenters. The van der Waals surface area contributed by atoms with Crippen LogP contribution in [0.25, 0.3) is 0 Å². The van der Waals surface area contributed by atoms with Crippen LogP contribution in [-0.4, -0.2) is 57.9 Å². The minimum Gasteiger partial charge on any atom is -0.347 e. The molecule has 7 heteroatoms. The number of urea groups is 1. The van der Waals surface area contributed by atoms with Gasteiger partial charge in [0, 0.05) is 31.7 Å². The SMILES string of the molecule is CC(C)c1ccc(N2CCN(CC(=O)N3CCc4nc[nH]c4C3)C2=O)cc1. The van der Waals surface area contributed by atoms with E-state index in [2.05, 4.69) is 35.9 Å². The third kappa shape index (κ3) is 3.41. The molecule has 1 N–H and O–H groups in total. The molecule has 1 fully saturated rings. The average Bonchev–Trinajstić information content (AvgIpc) is 3.28. The number of anilines is 1. The number of hydrogen-bond acceptors (Lipinski definition) is 3. The molecule has 0 aliphatic carbocycles. The van der Waals surface area contributed by atoms with Crippen LogP contribution in [0.15, 0.2) is 30.6 Å². The maximum Gasteiger partial charge on any atom is 0.325 e. The summed E-state index contributed by atoms with van der Waals surface area (Å²) in [6, 6.07) is 8.01. The Morgan fingerprint density at radius 3 is 2.70 bits per heavy atom. The van der Waals surface area contributed by atoms with E-state index < -0.39 is 0 Å². The van der Waals surface area contributed by atoms with Crippen LogP contribution in [-0.2, 0) is 17.8 Å². The van der Waals surface area contributed by atoms with E-state index in [9.17, 15) is 9.59 Å². The molecule has 27 heavy (non-hydrogen) atoms. The molecule has 2 aromatic rings. The largest absolute Gasteiger partial charge is 0.347 e. The van der Waals surface area contributed by atoms with Crippen LogP contribution >= 0.6 is 0 Å². The monoisotopic (exact) mass is 367 g/mol. The fourth-order valence-corrected chi connectivity index (χ4v) is 3.70. The lowest BCUT2D eigenvalue weighted by molar-refractivity contribution is -0.132. The number of amides is 3. The predicted molar refractivity (Wildman–Crippen MR) is 103 cm³/mol. The Labute approximate surface area is 159 Å². The van der Waals surface area contributed by atoms with Gasteiger partial charge in [-0.1, -0.05) is 26.0 Å². The van der Waals surface area contributed by atoms with Crippen molar-refractivity contribution in [3.63, 3.8) is 0 Å². The van der Waals surface area contributed by atoms with E-state index in [4.69, 9.17) is 0 Å². The Hall–Kier alpha value is -2.83. The fourth-order valence-electron chi connectivity index (χ4n) is 3.70. The van der Waals surface area contributed by atoms with Crippen molar-refractivity contribution in [3.8, 4) is 0 Å². The second-order valence-corrected chi connectivity index (χ2v) is 7.50. The molecule has 0 spiro atoms. The third-order valence-corrected chi connectivity index (χ3v) is 5.42. The number of imidazole rings is 1. The summed E-state index contributed by atoms with van der Waals surface area (Å²) < 4.78 is 0. The van der Waals surface area contributed by atoms with Crippen molar-refractivity contribution in [1.82, 2.24) is 19.8 Å². The first-order valence-electron chi connectivity index (χ1n) is 9.48. The summed E-state index contributed by atoms with van der Waals surface area (Å²) in [6.07, 6.45) is 2.43. The number of carbonyl (C=O) groups is 2. The number of nitrogens with zero attached hydrogens (tertiary/aromatic N) is 4. The lowest BCUT2D eigenvalue weighted by atomic mass is 10.0. The minimum atomic E-state index is -0.0973. The van der Waals surface area contributed by atoms with Crippen molar-refractivity contribution < 1.29 is 9.59 Å². The van der Waals surface area contributed by atoms with Gasteiger partial charge >= 0.3 is 6.03 Å². The normalized spacial score (nSPS) is 17.0. The Morgan fingerprint density at radius 1 is 1.19 bits per heavy atom. The standard InChI is InChI=1S/C20H25N5O2/c1-14(2)15-3-5-16(6-4-15)25-10-9-24(20(25)27)12-19(26)23-8-7-17-18(11-23)22-13-21-17/h3-6,13-14H,7-12H2,1-2H3,(H,21,22). The van der Waals surface area contributed by atoms with Crippen LogP contribution in [0.4, 0.5) is 10.5 Å². The highest BCUT2D eigenvalue weighted by Crippen LogP contribution is 2.24. The van der Waals surface area contributed by atoms with Gasteiger partial charge in [0.2, 0.25) is 5.91 Å². The van der Waals surface area contributed by atoms with Gasteiger partial charge in [0.05, 0.1) is 24.3 Å². The van der Waals surface area contributed by atoms with Gasteiger partial charge in [-0.25, -0.2) is 9.78 Å². The highest BCUT2D eigenvalue weighted by Gasteiger charge is 2.32. The highest BCUT2D eigenvalue weighted by atomic mass is 16.2. The Morgan fingerprint density at radius 2 is 1.96 bits per heavy atom. The molecule has 1 saturated heterocycles. The van der Waals surface area contributed by atoms with Gasteiger partial charge in [-0.2, -0.15) is 0 Å². The van der Waals surface area contributed by atoms with E-state index in [1.165, 1.54) is 5.56 Å². The molecule has 3 amide bonds. The number of benzene rings is 1. The second-order valence-electron chi connectivity index (χ2n) is 7.50. The topological polar surface area (TPSA) is 72.5 Å². The predicted octanol–water partition coefficient (Wildman–Crippen LogP) is 2.36. The van der Waals surface area contributed by atoms with E-state index in [-0.39, 0.29) is 18.5 Å². The maximum absolute atomic E-state index is 12.8. The van der Waals surface area contributed by atoms with E-state index in [1.807, 2.05) is 12.1 Å². The molecule has 1 aromatic heterocycles. The molecule has 2 aliphatic rings. The molecule has 0 radical (unpaired) electrons. The van der Waals surface area contributed by atoms with Crippen molar-refractivity contribution in [2.45, 2.75) is 32.7 Å². The number of aromatic amines is 1. The quantitative estimate of drug-likeness (QED) is 0.902. The van der Waals surface area contributed by atoms with Gasteiger partial charge < -0.3 is 14.8 Å². The number of aromatic nitrogens is 2. The van der Waals surface area contributed by atoms with Crippen molar-refractivity contribution in [1.29, 1.82) is 0 Å². The lowest BCUT2D eigenvalue weighted by Crippen LogP contribution is -2.44. The number of carbonyl (C=O) groups excluding carboxylic acids is 2. The summed E-state index contributed by atoms with van der Waals surface area (Å²) in [4.78, 5) is 38.0. The Balaban J connectivity index is 1.38. The van der Waals surface area contributed by atoms with Crippen molar-refractivity contribution >= 4 is 17.6 Å². The molecule has 0 unspecified atom stereocenters. The van der Waals surface area contributed by atoms with Gasteiger partial charge in [0.25, 0.3) is 0 Å². The zero-order chi connectivity index (χ0) is 19.0. The van der Waals surface area contributed by atoms with E-state index in [0.717, 1.165) is 23.5 Å². The zero-order valence-electron chi connectivity index (χ0n) is 15.8. The summed E-state index contributed by atoms with van der Waals surface area (Å²) in [6.45, 7) is 6.79. The first-order valence-corrected chi connectivity index (χ1v) is 9.48. The molecule has 0 saturated carbocycles. The lowest BCUT2D eigenvalue weighted by Gasteiger charge is -2.28. The van der Waals surface area contributed by atoms with Crippen LogP contribution in [0.5, 0.6) is 0 Å². The van der Waals surface area contributed by atoms with Gasteiger partial charge in [0.15, 0.2) is 0 Å². The minimum absolute atomic E-state index is 0.0133. The van der Waals surface area contributed by atoms with E-state index in [0.29, 0.717) is 32.1 Å². The van der Waals surface area contributed by atoms with Crippen molar-refractivity contribution in [2.24, 2.45) is 0 Å². The third-order valence-electron chi connectivity index (χ3n) is 5.42. The van der Waals surface area contributed by atoms with Gasteiger partial charge in [-0.15, -0.1) is 0 Å². The number of fused-ring (bicyclic) bond motifs is 1. The first kappa shape index (κ1) is 17.6. The van der Waals surface area contributed by atoms with Gasteiger partial charge in [-0.3, -0.25) is 9.69 Å². The van der Waals surface area contributed by atoms with Crippen LogP contribution in [0.1, 0.15) is 36.7 Å². The van der Waals surface area contributed by atoms with Crippen molar-refractivity contribution in [2.75, 3.05) is 31.1 Å². The smallest absolute Gasteiger partial charge is 0.325 e. The number of nitrogens with one attached hydrogen (secondary N) is 1.